The number of likely N-dealkylation sites (N-methyl/N-ethyl adjacent to an activating group) is 1. The molecule has 40 heavy (non-hydrogen) atoms. The quantitative estimate of drug-likeness (QED) is 0.501. The van der Waals surface area contributed by atoms with Crippen molar-refractivity contribution in [3.8, 4) is 12.1 Å². The predicted octanol–water partition coefficient (Wildman–Crippen LogP) is 4.20. The highest BCUT2D eigenvalue weighted by atomic mass is 16.5. The third-order valence-corrected chi connectivity index (χ3v) is 9.51. The van der Waals surface area contributed by atoms with Crippen LogP contribution in [0.1, 0.15) is 48.9 Å². The van der Waals surface area contributed by atoms with Gasteiger partial charge in [-0.25, -0.2) is 0 Å². The van der Waals surface area contributed by atoms with E-state index < -0.39 is 0 Å². The second-order valence-corrected chi connectivity index (χ2v) is 12.1. The molecule has 2 aromatic carbocycles. The number of anilines is 2. The highest BCUT2D eigenvalue weighted by Gasteiger charge is 2.55. The maximum atomic E-state index is 9.34. The van der Waals surface area contributed by atoms with Gasteiger partial charge >= 0.3 is 6.01 Å². The molecule has 2 atom stereocenters. The Hall–Kier alpha value is -3.41. The normalized spacial score (nSPS) is 24.1. The van der Waals surface area contributed by atoms with Crippen LogP contribution in [0, 0.1) is 18.3 Å². The lowest BCUT2D eigenvalue weighted by Gasteiger charge is -2.38. The first-order valence-corrected chi connectivity index (χ1v) is 14.9. The summed E-state index contributed by atoms with van der Waals surface area (Å²) >= 11 is 0. The molecular formula is C32H39N7O. The van der Waals surface area contributed by atoms with Crippen molar-refractivity contribution in [2.45, 2.75) is 69.7 Å². The third kappa shape index (κ3) is 4.55. The molecule has 1 saturated carbocycles. The maximum absolute atomic E-state index is 9.34. The second-order valence-electron chi connectivity index (χ2n) is 12.1. The zero-order valence-electron chi connectivity index (χ0n) is 23.7. The number of aromatic nitrogens is 2. The molecule has 0 amide bonds. The van der Waals surface area contributed by atoms with Gasteiger partial charge in [-0.05, 0) is 69.6 Å². The van der Waals surface area contributed by atoms with E-state index in [1.54, 1.807) is 0 Å². The summed E-state index contributed by atoms with van der Waals surface area (Å²) < 4.78 is 6.79. The van der Waals surface area contributed by atoms with Crippen molar-refractivity contribution >= 4 is 22.3 Å². The number of nitriles is 1. The molecule has 0 radical (unpaired) electrons. The first-order chi connectivity index (χ1) is 19.5. The van der Waals surface area contributed by atoms with Gasteiger partial charge in [0.05, 0.1) is 24.7 Å². The highest BCUT2D eigenvalue weighted by molar-refractivity contribution is 5.97. The van der Waals surface area contributed by atoms with Gasteiger partial charge in [-0.2, -0.15) is 15.2 Å². The molecule has 208 valence electrons. The Morgan fingerprint density at radius 3 is 2.73 bits per heavy atom. The molecule has 0 spiro atoms. The van der Waals surface area contributed by atoms with Crippen LogP contribution in [0.4, 0.5) is 11.5 Å². The summed E-state index contributed by atoms with van der Waals surface area (Å²) in [6.07, 6.45) is 5.92. The van der Waals surface area contributed by atoms with Crippen molar-refractivity contribution in [1.29, 1.82) is 5.26 Å². The Kier molecular flexibility index (Phi) is 6.52. The number of hydrogen-bond acceptors (Lipinski definition) is 8. The third-order valence-electron chi connectivity index (χ3n) is 9.51. The van der Waals surface area contributed by atoms with Crippen molar-refractivity contribution in [3.05, 3.63) is 53.2 Å². The molecule has 8 heteroatoms. The number of rotatable bonds is 6. The van der Waals surface area contributed by atoms with E-state index in [4.69, 9.17) is 14.7 Å². The van der Waals surface area contributed by atoms with Gasteiger partial charge in [0.15, 0.2) is 0 Å². The SMILES string of the molecule is Cc1cccc2cccc(N3CCc4c(nc(OC5([C@@H]6CCCN6C)CC5)nc4N4CCN[C@@H](CC#N)C4)C3)c12. The Morgan fingerprint density at radius 1 is 1.10 bits per heavy atom. The van der Waals surface area contributed by atoms with E-state index in [9.17, 15) is 5.26 Å². The van der Waals surface area contributed by atoms with E-state index in [1.165, 1.54) is 40.4 Å². The van der Waals surface area contributed by atoms with E-state index in [0.717, 1.165) is 70.0 Å². The van der Waals surface area contributed by atoms with Gasteiger partial charge in [-0.1, -0.05) is 30.3 Å². The number of benzene rings is 2. The van der Waals surface area contributed by atoms with Gasteiger partial charge in [0.25, 0.3) is 0 Å². The van der Waals surface area contributed by atoms with Gasteiger partial charge in [-0.3, -0.25) is 4.90 Å². The largest absolute Gasteiger partial charge is 0.455 e. The average Bonchev–Trinajstić information content (AvgIpc) is 3.61. The molecule has 3 fully saturated rings. The predicted molar refractivity (Wildman–Crippen MR) is 158 cm³/mol. The van der Waals surface area contributed by atoms with Crippen molar-refractivity contribution in [2.24, 2.45) is 0 Å². The Bertz CT molecular complexity index is 1460. The molecule has 1 aliphatic carbocycles. The molecule has 0 bridgehead atoms. The van der Waals surface area contributed by atoms with Crippen molar-refractivity contribution < 1.29 is 4.74 Å². The van der Waals surface area contributed by atoms with Crippen LogP contribution in [-0.4, -0.2) is 72.3 Å². The standard InChI is InChI=1S/C32H39N7O/c1-22-6-3-7-23-8-4-9-27(29(22)23)38-18-12-25-26(21-38)35-31(40-32(13-14-32)28-10-5-17-37(28)2)36-30(25)39-19-16-34-24(20-39)11-15-33/h3-4,6-9,24,28,34H,5,10-14,16-21H2,1-2H3/t24-,28-/m0/s1. The van der Waals surface area contributed by atoms with Gasteiger partial charge in [-0.15, -0.1) is 0 Å². The first-order valence-electron chi connectivity index (χ1n) is 14.9. The average molecular weight is 538 g/mol. The summed E-state index contributed by atoms with van der Waals surface area (Å²) in [4.78, 5) is 17.6. The number of nitrogens with zero attached hydrogens (tertiary/aromatic N) is 6. The lowest BCUT2D eigenvalue weighted by atomic mass is 9.99. The summed E-state index contributed by atoms with van der Waals surface area (Å²) in [5, 5.41) is 15.4. The number of likely N-dealkylation sites (tertiary alicyclic amines) is 1. The summed E-state index contributed by atoms with van der Waals surface area (Å²) in [6.45, 7) is 7.48. The molecule has 1 aromatic heterocycles. The van der Waals surface area contributed by atoms with Crippen LogP contribution in [0.15, 0.2) is 36.4 Å². The summed E-state index contributed by atoms with van der Waals surface area (Å²) in [7, 11) is 2.22. The minimum absolute atomic E-state index is 0.148. The number of aryl methyl sites for hydroxylation is 1. The van der Waals surface area contributed by atoms with Gasteiger partial charge in [0.1, 0.15) is 11.4 Å². The molecule has 3 aliphatic heterocycles. The van der Waals surface area contributed by atoms with Crippen LogP contribution < -0.4 is 19.9 Å². The zero-order chi connectivity index (χ0) is 27.3. The Labute approximate surface area is 236 Å². The second kappa shape index (κ2) is 10.2. The van der Waals surface area contributed by atoms with Gasteiger partial charge in [0, 0.05) is 54.9 Å². The topological polar surface area (TPSA) is 80.6 Å². The fourth-order valence-electron chi connectivity index (χ4n) is 7.32. The van der Waals surface area contributed by atoms with Crippen LogP contribution in [0.3, 0.4) is 0 Å². The maximum Gasteiger partial charge on any atom is 0.319 e. The summed E-state index contributed by atoms with van der Waals surface area (Å²) in [5.41, 5.74) is 4.71. The van der Waals surface area contributed by atoms with E-state index in [2.05, 4.69) is 76.5 Å². The Balaban J connectivity index is 1.26. The number of hydrogen-bond donors (Lipinski definition) is 1. The lowest BCUT2D eigenvalue weighted by Crippen LogP contribution is -2.51. The molecule has 8 nitrogen and oxygen atoms in total. The van der Waals surface area contributed by atoms with Gasteiger partial charge < -0.3 is 19.9 Å². The molecule has 0 unspecified atom stereocenters. The molecule has 2 saturated heterocycles. The van der Waals surface area contributed by atoms with Crippen LogP contribution >= 0.6 is 0 Å². The van der Waals surface area contributed by atoms with E-state index in [0.29, 0.717) is 18.5 Å². The fourth-order valence-corrected chi connectivity index (χ4v) is 7.32. The molecule has 3 aromatic rings. The molecule has 1 N–H and O–H groups in total. The van der Waals surface area contributed by atoms with E-state index in [-0.39, 0.29) is 11.6 Å². The van der Waals surface area contributed by atoms with Crippen LogP contribution in [-0.2, 0) is 13.0 Å². The van der Waals surface area contributed by atoms with Crippen LogP contribution in [0.2, 0.25) is 0 Å². The highest BCUT2D eigenvalue weighted by Crippen LogP contribution is 2.48. The molecule has 4 heterocycles. The van der Waals surface area contributed by atoms with Crippen molar-refractivity contribution in [1.82, 2.24) is 20.2 Å². The monoisotopic (exact) mass is 537 g/mol. The zero-order valence-corrected chi connectivity index (χ0v) is 23.7. The first kappa shape index (κ1) is 25.6. The van der Waals surface area contributed by atoms with Crippen molar-refractivity contribution in [3.63, 3.8) is 0 Å². The fraction of sp³-hybridized carbons (Fsp3) is 0.531. The number of fused-ring (bicyclic) bond motifs is 2. The smallest absolute Gasteiger partial charge is 0.319 e. The number of ether oxygens (including phenoxy) is 1. The number of piperazine rings is 1. The summed E-state index contributed by atoms with van der Waals surface area (Å²) in [6, 6.07) is 16.6. The number of nitrogens with one attached hydrogen (secondary N) is 1. The minimum Gasteiger partial charge on any atom is -0.455 e. The van der Waals surface area contributed by atoms with E-state index >= 15 is 0 Å². The molecule has 4 aliphatic rings. The molecular weight excluding hydrogens is 498 g/mol. The van der Waals surface area contributed by atoms with Crippen molar-refractivity contribution in [2.75, 3.05) is 49.6 Å². The van der Waals surface area contributed by atoms with Gasteiger partial charge in [0.2, 0.25) is 0 Å². The summed E-state index contributed by atoms with van der Waals surface area (Å²) in [5.74, 6) is 1.01. The minimum atomic E-state index is -0.162. The van der Waals surface area contributed by atoms with E-state index in [1.807, 2.05) is 0 Å². The van der Waals surface area contributed by atoms with Crippen LogP contribution in [0.5, 0.6) is 6.01 Å². The Morgan fingerprint density at radius 2 is 1.95 bits per heavy atom. The van der Waals surface area contributed by atoms with Crippen LogP contribution in [0.25, 0.3) is 10.8 Å². The molecule has 7 rings (SSSR count). The lowest BCUT2D eigenvalue weighted by molar-refractivity contribution is 0.0759.